The van der Waals surface area contributed by atoms with Crippen molar-refractivity contribution in [2.75, 3.05) is 12.3 Å². The van der Waals surface area contributed by atoms with Gasteiger partial charge in [0.1, 0.15) is 24.8 Å². The zero-order valence-electron chi connectivity index (χ0n) is 14.9. The number of carbonyl (C=O) groups excluding carboxylic acids is 1. The summed E-state index contributed by atoms with van der Waals surface area (Å²) in [4.78, 5) is 16.1. The number of anilines is 1. The molecule has 1 aliphatic carbocycles. The number of hydrogen-bond acceptors (Lipinski definition) is 7. The standard InChI is InChI=1S/C19H21N5O3/c20-17-9-16(18-19(21-17)23-24-22-18)26-10-13-3-1-2-4-15(13)27-11-14(25)8-7-12-5-6-12/h1-4,9,12H,5-8,10-11H2,(H3,20,21,22,23,24). The van der Waals surface area contributed by atoms with E-state index in [9.17, 15) is 4.79 Å². The second kappa shape index (κ2) is 7.61. The van der Waals surface area contributed by atoms with Crippen LogP contribution >= 0.6 is 0 Å². The van der Waals surface area contributed by atoms with E-state index in [1.807, 2.05) is 24.3 Å². The van der Waals surface area contributed by atoms with E-state index in [2.05, 4.69) is 20.4 Å². The van der Waals surface area contributed by atoms with E-state index in [0.717, 1.165) is 17.9 Å². The number of aromatic nitrogens is 4. The first-order chi connectivity index (χ1) is 13.2. The van der Waals surface area contributed by atoms with Crippen molar-refractivity contribution in [2.45, 2.75) is 32.3 Å². The maximum atomic E-state index is 12.0. The number of benzene rings is 1. The van der Waals surface area contributed by atoms with Crippen molar-refractivity contribution < 1.29 is 14.3 Å². The van der Waals surface area contributed by atoms with Crippen molar-refractivity contribution in [3.63, 3.8) is 0 Å². The summed E-state index contributed by atoms with van der Waals surface area (Å²) >= 11 is 0. The van der Waals surface area contributed by atoms with Gasteiger partial charge in [0.05, 0.1) is 0 Å². The van der Waals surface area contributed by atoms with Crippen molar-refractivity contribution in [1.29, 1.82) is 0 Å². The number of Topliss-reactive ketones (excluding diaryl/α,β-unsaturated/α-hetero) is 1. The van der Waals surface area contributed by atoms with E-state index >= 15 is 0 Å². The highest BCUT2D eigenvalue weighted by Crippen LogP contribution is 2.33. The van der Waals surface area contributed by atoms with Crippen LogP contribution in [0.25, 0.3) is 11.2 Å². The highest BCUT2D eigenvalue weighted by Gasteiger charge is 2.22. The summed E-state index contributed by atoms with van der Waals surface area (Å²) in [5, 5.41) is 10.5. The molecule has 3 aromatic rings. The normalized spacial score (nSPS) is 13.6. The fourth-order valence-corrected chi connectivity index (χ4v) is 2.86. The molecule has 1 aromatic carbocycles. The lowest BCUT2D eigenvalue weighted by atomic mass is 10.1. The van der Waals surface area contributed by atoms with E-state index in [1.54, 1.807) is 6.07 Å². The predicted molar refractivity (Wildman–Crippen MR) is 99.3 cm³/mol. The van der Waals surface area contributed by atoms with Crippen LogP contribution in [0.1, 0.15) is 31.2 Å². The number of ketones is 1. The number of fused-ring (bicyclic) bond motifs is 1. The minimum Gasteiger partial charge on any atom is -0.486 e. The second-order valence-corrected chi connectivity index (χ2v) is 6.75. The maximum Gasteiger partial charge on any atom is 0.207 e. The van der Waals surface area contributed by atoms with Crippen LogP contribution in [0.5, 0.6) is 11.5 Å². The van der Waals surface area contributed by atoms with E-state index in [1.165, 1.54) is 12.8 Å². The van der Waals surface area contributed by atoms with Crippen molar-refractivity contribution in [2.24, 2.45) is 5.92 Å². The summed E-state index contributed by atoms with van der Waals surface area (Å²) in [6.45, 7) is 0.331. The predicted octanol–water partition coefficient (Wildman–Crippen LogP) is 2.65. The monoisotopic (exact) mass is 367 g/mol. The molecule has 1 fully saturated rings. The van der Waals surface area contributed by atoms with Crippen LogP contribution in [0, 0.1) is 5.92 Å². The molecule has 27 heavy (non-hydrogen) atoms. The highest BCUT2D eigenvalue weighted by atomic mass is 16.5. The third kappa shape index (κ3) is 4.33. The molecular formula is C19H21N5O3. The van der Waals surface area contributed by atoms with E-state index in [0.29, 0.717) is 34.9 Å². The number of para-hydroxylation sites is 1. The van der Waals surface area contributed by atoms with Gasteiger partial charge in [0, 0.05) is 18.1 Å². The number of rotatable bonds is 9. The van der Waals surface area contributed by atoms with Crippen LogP contribution in [-0.4, -0.2) is 32.8 Å². The summed E-state index contributed by atoms with van der Waals surface area (Å²) in [5.74, 6) is 2.30. The van der Waals surface area contributed by atoms with Gasteiger partial charge in [-0.25, -0.2) is 4.98 Å². The van der Waals surface area contributed by atoms with Crippen molar-refractivity contribution in [1.82, 2.24) is 20.4 Å². The Morgan fingerprint density at radius 3 is 2.89 bits per heavy atom. The summed E-state index contributed by atoms with van der Waals surface area (Å²) in [6.07, 6.45) is 4.08. The Balaban J connectivity index is 1.40. The van der Waals surface area contributed by atoms with Crippen LogP contribution < -0.4 is 15.2 Å². The quantitative estimate of drug-likeness (QED) is 0.597. The fraction of sp³-hybridized carbons (Fsp3) is 0.368. The van der Waals surface area contributed by atoms with E-state index in [4.69, 9.17) is 15.2 Å². The fourth-order valence-electron chi connectivity index (χ4n) is 2.86. The van der Waals surface area contributed by atoms with Gasteiger partial charge in [0.25, 0.3) is 0 Å². The Morgan fingerprint density at radius 1 is 1.19 bits per heavy atom. The van der Waals surface area contributed by atoms with Crippen molar-refractivity contribution >= 4 is 22.8 Å². The Labute approximate surface area is 156 Å². The average molecular weight is 367 g/mol. The first kappa shape index (κ1) is 17.3. The number of nitrogens with zero attached hydrogens (tertiary/aromatic N) is 3. The van der Waals surface area contributed by atoms with Crippen LogP contribution in [-0.2, 0) is 11.4 Å². The number of ether oxygens (including phenoxy) is 2. The van der Waals surface area contributed by atoms with Crippen LogP contribution in [0.4, 0.5) is 5.82 Å². The molecule has 2 aromatic heterocycles. The molecule has 0 unspecified atom stereocenters. The molecular weight excluding hydrogens is 346 g/mol. The van der Waals surface area contributed by atoms with Gasteiger partial charge in [0.15, 0.2) is 17.0 Å². The highest BCUT2D eigenvalue weighted by molar-refractivity contribution is 5.80. The summed E-state index contributed by atoms with van der Waals surface area (Å²) in [7, 11) is 0. The maximum absolute atomic E-state index is 12.0. The molecule has 0 bridgehead atoms. The SMILES string of the molecule is Nc1cc(OCc2ccccc2OCC(=O)CCC2CC2)c2n[nH]nc2n1. The smallest absolute Gasteiger partial charge is 0.207 e. The molecule has 4 rings (SSSR count). The number of hydrogen-bond donors (Lipinski definition) is 2. The van der Waals surface area contributed by atoms with E-state index in [-0.39, 0.29) is 19.0 Å². The van der Waals surface area contributed by atoms with Crippen LogP contribution in [0.3, 0.4) is 0 Å². The van der Waals surface area contributed by atoms with Crippen molar-refractivity contribution in [3.8, 4) is 11.5 Å². The molecule has 8 heteroatoms. The van der Waals surface area contributed by atoms with Gasteiger partial charge >= 0.3 is 0 Å². The Morgan fingerprint density at radius 2 is 2.04 bits per heavy atom. The Hall–Kier alpha value is -3.16. The summed E-state index contributed by atoms with van der Waals surface area (Å²) in [6, 6.07) is 9.10. The Kier molecular flexibility index (Phi) is 4.86. The van der Waals surface area contributed by atoms with Gasteiger partial charge in [0.2, 0.25) is 5.65 Å². The molecule has 140 valence electrons. The number of carbonyl (C=O) groups is 1. The molecule has 0 amide bonds. The number of pyridine rings is 1. The zero-order valence-corrected chi connectivity index (χ0v) is 14.9. The molecule has 0 atom stereocenters. The van der Waals surface area contributed by atoms with Gasteiger partial charge in [-0.1, -0.05) is 31.0 Å². The summed E-state index contributed by atoms with van der Waals surface area (Å²) in [5.41, 5.74) is 7.53. The molecule has 2 heterocycles. The molecule has 0 saturated heterocycles. The summed E-state index contributed by atoms with van der Waals surface area (Å²) < 4.78 is 11.6. The second-order valence-electron chi connectivity index (χ2n) is 6.75. The first-order valence-electron chi connectivity index (χ1n) is 9.01. The molecule has 8 nitrogen and oxygen atoms in total. The van der Waals surface area contributed by atoms with Gasteiger partial charge < -0.3 is 15.2 Å². The average Bonchev–Trinajstić information content (AvgIpc) is 3.39. The lowest BCUT2D eigenvalue weighted by Gasteiger charge is -2.12. The van der Waals surface area contributed by atoms with Gasteiger partial charge in [-0.05, 0) is 18.4 Å². The third-order valence-corrected chi connectivity index (χ3v) is 4.55. The lowest BCUT2D eigenvalue weighted by Crippen LogP contribution is -2.12. The topological polar surface area (TPSA) is 116 Å². The molecule has 0 radical (unpaired) electrons. The molecule has 1 aliphatic rings. The zero-order chi connectivity index (χ0) is 18.6. The van der Waals surface area contributed by atoms with Crippen molar-refractivity contribution in [3.05, 3.63) is 35.9 Å². The molecule has 0 spiro atoms. The number of H-pyrrole nitrogens is 1. The van der Waals surface area contributed by atoms with Gasteiger partial charge in [-0.15, -0.1) is 5.10 Å². The van der Waals surface area contributed by atoms with E-state index < -0.39 is 0 Å². The number of nitrogen functional groups attached to an aromatic ring is 1. The van der Waals surface area contributed by atoms with Gasteiger partial charge in [-0.3, -0.25) is 4.79 Å². The van der Waals surface area contributed by atoms with Gasteiger partial charge in [-0.2, -0.15) is 10.3 Å². The molecule has 0 aliphatic heterocycles. The molecule has 3 N–H and O–H groups in total. The van der Waals surface area contributed by atoms with Crippen LogP contribution in [0.15, 0.2) is 30.3 Å². The Bertz CT molecular complexity index is 951. The minimum atomic E-state index is 0.0828. The van der Waals surface area contributed by atoms with Crippen LogP contribution in [0.2, 0.25) is 0 Å². The lowest BCUT2D eigenvalue weighted by molar-refractivity contribution is -0.121. The first-order valence-corrected chi connectivity index (χ1v) is 9.01. The number of nitrogens with one attached hydrogen (secondary N) is 1. The minimum absolute atomic E-state index is 0.0828. The number of aromatic amines is 1. The largest absolute Gasteiger partial charge is 0.486 e. The molecule has 1 saturated carbocycles. The number of nitrogens with two attached hydrogens (primary N) is 1. The third-order valence-electron chi connectivity index (χ3n) is 4.55.